The minimum Gasteiger partial charge on any atom is -0.486 e. The van der Waals surface area contributed by atoms with Crippen molar-refractivity contribution in [2.45, 2.75) is 20.1 Å². The molecule has 0 unspecified atom stereocenters. The Morgan fingerprint density at radius 3 is 3.06 bits per heavy atom. The Hall–Kier alpha value is -1.39. The highest BCUT2D eigenvalue weighted by Gasteiger charge is 2.02. The summed E-state index contributed by atoms with van der Waals surface area (Å²) < 4.78 is 5.69. The maximum Gasteiger partial charge on any atom is 0.140 e. The summed E-state index contributed by atoms with van der Waals surface area (Å²) in [6.07, 6.45) is 1.90. The van der Waals surface area contributed by atoms with E-state index in [1.807, 2.05) is 31.4 Å². The first-order chi connectivity index (χ1) is 8.28. The monoisotopic (exact) mass is 248 g/mol. The summed E-state index contributed by atoms with van der Waals surface area (Å²) in [5.74, 6) is 0.898. The van der Waals surface area contributed by atoms with Gasteiger partial charge in [-0.05, 0) is 31.7 Å². The van der Waals surface area contributed by atoms with Crippen molar-refractivity contribution in [1.29, 1.82) is 0 Å². The molecular formula is C13H16N2OS. The summed E-state index contributed by atoms with van der Waals surface area (Å²) >= 11 is 1.68. The van der Waals surface area contributed by atoms with Crippen molar-refractivity contribution >= 4 is 11.3 Å². The fraction of sp³-hybridized carbons (Fsp3) is 0.308. The van der Waals surface area contributed by atoms with Crippen molar-refractivity contribution in [1.82, 2.24) is 10.3 Å². The molecule has 0 aliphatic carbocycles. The van der Waals surface area contributed by atoms with Gasteiger partial charge in [-0.2, -0.15) is 0 Å². The molecule has 1 aromatic carbocycles. The molecule has 1 aromatic heterocycles. The molecule has 0 saturated carbocycles. The summed E-state index contributed by atoms with van der Waals surface area (Å²) in [5.41, 5.74) is 1.21. The quantitative estimate of drug-likeness (QED) is 0.883. The minimum atomic E-state index is 0.540. The standard InChI is InChI=1S/C13H16N2OS/c1-10-4-3-5-11(6-10)16-9-13-15-8-12(17-13)7-14-2/h3-6,8,14H,7,9H2,1-2H3. The van der Waals surface area contributed by atoms with Crippen molar-refractivity contribution in [2.75, 3.05) is 7.05 Å². The molecule has 0 fully saturated rings. The third-order valence-corrected chi connectivity index (χ3v) is 3.28. The molecule has 4 heteroatoms. The van der Waals surface area contributed by atoms with Crippen LogP contribution >= 0.6 is 11.3 Å². The molecular weight excluding hydrogens is 232 g/mol. The lowest BCUT2D eigenvalue weighted by atomic mass is 10.2. The topological polar surface area (TPSA) is 34.2 Å². The van der Waals surface area contributed by atoms with E-state index >= 15 is 0 Å². The molecule has 2 rings (SSSR count). The highest BCUT2D eigenvalue weighted by molar-refractivity contribution is 7.11. The molecule has 0 atom stereocenters. The van der Waals surface area contributed by atoms with Gasteiger partial charge in [0.2, 0.25) is 0 Å². The average Bonchev–Trinajstić information content (AvgIpc) is 2.75. The van der Waals surface area contributed by atoms with E-state index in [4.69, 9.17) is 4.74 Å². The molecule has 17 heavy (non-hydrogen) atoms. The molecule has 0 aliphatic rings. The zero-order valence-corrected chi connectivity index (χ0v) is 10.9. The third-order valence-electron chi connectivity index (χ3n) is 2.30. The minimum absolute atomic E-state index is 0.540. The second-order valence-electron chi connectivity index (χ2n) is 3.86. The van der Waals surface area contributed by atoms with Gasteiger partial charge in [-0.3, -0.25) is 0 Å². The zero-order chi connectivity index (χ0) is 12.1. The van der Waals surface area contributed by atoms with E-state index in [1.165, 1.54) is 10.4 Å². The number of aromatic nitrogens is 1. The van der Waals surface area contributed by atoms with E-state index in [2.05, 4.69) is 23.3 Å². The van der Waals surface area contributed by atoms with Crippen LogP contribution in [0, 0.1) is 6.92 Å². The van der Waals surface area contributed by atoms with E-state index in [-0.39, 0.29) is 0 Å². The Labute approximate surface area is 105 Å². The molecule has 1 N–H and O–H groups in total. The fourth-order valence-electron chi connectivity index (χ4n) is 1.52. The Morgan fingerprint density at radius 1 is 1.41 bits per heavy atom. The summed E-state index contributed by atoms with van der Waals surface area (Å²) in [4.78, 5) is 5.56. The van der Waals surface area contributed by atoms with E-state index in [9.17, 15) is 0 Å². The second-order valence-corrected chi connectivity index (χ2v) is 5.06. The first-order valence-electron chi connectivity index (χ1n) is 5.55. The van der Waals surface area contributed by atoms with Gasteiger partial charge in [0.25, 0.3) is 0 Å². The maximum absolute atomic E-state index is 5.69. The van der Waals surface area contributed by atoms with Crippen LogP contribution in [0.5, 0.6) is 5.75 Å². The summed E-state index contributed by atoms with van der Waals surface area (Å²) in [5, 5.41) is 4.12. The van der Waals surface area contributed by atoms with E-state index in [0.717, 1.165) is 17.3 Å². The number of nitrogens with one attached hydrogen (secondary N) is 1. The zero-order valence-electron chi connectivity index (χ0n) is 10.1. The van der Waals surface area contributed by atoms with Crippen molar-refractivity contribution in [3.63, 3.8) is 0 Å². The summed E-state index contributed by atoms with van der Waals surface area (Å²) in [6.45, 7) is 3.46. The van der Waals surface area contributed by atoms with E-state index in [0.29, 0.717) is 6.61 Å². The molecule has 0 bridgehead atoms. The lowest BCUT2D eigenvalue weighted by molar-refractivity contribution is 0.305. The van der Waals surface area contributed by atoms with Gasteiger partial charge in [0.1, 0.15) is 17.4 Å². The molecule has 0 amide bonds. The predicted octanol–water partition coefficient (Wildman–Crippen LogP) is 2.75. The lowest BCUT2D eigenvalue weighted by Crippen LogP contribution is -2.02. The van der Waals surface area contributed by atoms with Crippen LogP contribution in [0.1, 0.15) is 15.4 Å². The highest BCUT2D eigenvalue weighted by Crippen LogP contribution is 2.17. The SMILES string of the molecule is CNCc1cnc(COc2cccc(C)c2)s1. The smallest absolute Gasteiger partial charge is 0.140 e. The summed E-state index contributed by atoms with van der Waals surface area (Å²) in [6, 6.07) is 8.05. The first kappa shape index (κ1) is 12.1. The van der Waals surface area contributed by atoms with Gasteiger partial charge in [0.15, 0.2) is 0 Å². The predicted molar refractivity (Wildman–Crippen MR) is 70.4 cm³/mol. The van der Waals surface area contributed by atoms with Crippen LogP contribution in [-0.2, 0) is 13.2 Å². The van der Waals surface area contributed by atoms with Crippen LogP contribution in [0.2, 0.25) is 0 Å². The number of benzene rings is 1. The number of ether oxygens (including phenoxy) is 1. The van der Waals surface area contributed by atoms with Crippen LogP contribution in [0.4, 0.5) is 0 Å². The molecule has 0 spiro atoms. The van der Waals surface area contributed by atoms with Crippen molar-refractivity contribution in [3.05, 3.63) is 45.9 Å². The number of thiazole rings is 1. The van der Waals surface area contributed by atoms with Gasteiger partial charge in [0.05, 0.1) is 0 Å². The Morgan fingerprint density at radius 2 is 2.29 bits per heavy atom. The van der Waals surface area contributed by atoms with Gasteiger partial charge in [-0.25, -0.2) is 4.98 Å². The average molecular weight is 248 g/mol. The number of aryl methyl sites for hydroxylation is 1. The van der Waals surface area contributed by atoms with Crippen molar-refractivity contribution in [3.8, 4) is 5.75 Å². The molecule has 0 saturated heterocycles. The molecule has 0 aliphatic heterocycles. The fourth-order valence-corrected chi connectivity index (χ4v) is 2.37. The largest absolute Gasteiger partial charge is 0.486 e. The Kier molecular flexibility index (Phi) is 4.12. The van der Waals surface area contributed by atoms with Crippen LogP contribution in [0.3, 0.4) is 0 Å². The van der Waals surface area contributed by atoms with E-state index in [1.54, 1.807) is 11.3 Å². The molecule has 1 heterocycles. The van der Waals surface area contributed by atoms with Crippen molar-refractivity contribution < 1.29 is 4.74 Å². The third kappa shape index (κ3) is 3.54. The lowest BCUT2D eigenvalue weighted by Gasteiger charge is -2.04. The number of hydrogen-bond acceptors (Lipinski definition) is 4. The molecule has 3 nitrogen and oxygen atoms in total. The van der Waals surface area contributed by atoms with Crippen LogP contribution < -0.4 is 10.1 Å². The van der Waals surface area contributed by atoms with Crippen LogP contribution in [0.25, 0.3) is 0 Å². The van der Waals surface area contributed by atoms with Gasteiger partial charge in [0, 0.05) is 17.6 Å². The Bertz CT molecular complexity index is 482. The number of nitrogens with zero attached hydrogens (tertiary/aromatic N) is 1. The first-order valence-corrected chi connectivity index (χ1v) is 6.37. The summed E-state index contributed by atoms with van der Waals surface area (Å²) in [7, 11) is 1.93. The number of hydrogen-bond donors (Lipinski definition) is 1. The van der Waals surface area contributed by atoms with Crippen LogP contribution in [-0.4, -0.2) is 12.0 Å². The van der Waals surface area contributed by atoms with Gasteiger partial charge in [-0.15, -0.1) is 11.3 Å². The van der Waals surface area contributed by atoms with Crippen LogP contribution in [0.15, 0.2) is 30.5 Å². The number of rotatable bonds is 5. The maximum atomic E-state index is 5.69. The molecule has 2 aromatic rings. The molecule has 0 radical (unpaired) electrons. The Balaban J connectivity index is 1.93. The molecule has 90 valence electrons. The normalized spacial score (nSPS) is 10.5. The van der Waals surface area contributed by atoms with E-state index < -0.39 is 0 Å². The second kappa shape index (κ2) is 5.80. The van der Waals surface area contributed by atoms with Gasteiger partial charge >= 0.3 is 0 Å². The van der Waals surface area contributed by atoms with Gasteiger partial charge in [-0.1, -0.05) is 12.1 Å². The highest BCUT2D eigenvalue weighted by atomic mass is 32.1. The van der Waals surface area contributed by atoms with Crippen molar-refractivity contribution in [2.24, 2.45) is 0 Å². The van der Waals surface area contributed by atoms with Gasteiger partial charge < -0.3 is 10.1 Å².